The van der Waals surface area contributed by atoms with Crippen molar-refractivity contribution in [3.63, 3.8) is 0 Å². The molecule has 0 fully saturated rings. The fourth-order valence-corrected chi connectivity index (χ4v) is 1.91. The first-order valence-electron chi connectivity index (χ1n) is 6.59. The molecular weight excluding hydrogens is 246 g/mol. The largest absolute Gasteiger partial charge is 0.481 e. The van der Waals surface area contributed by atoms with E-state index in [1.54, 1.807) is 19.1 Å². The summed E-state index contributed by atoms with van der Waals surface area (Å²) in [5, 5.41) is 11.4. The van der Waals surface area contributed by atoms with Crippen molar-refractivity contribution in [2.75, 3.05) is 6.54 Å². The van der Waals surface area contributed by atoms with E-state index in [0.29, 0.717) is 30.4 Å². The second-order valence-electron chi connectivity index (χ2n) is 4.66. The number of carbonyl (C=O) groups is 2. The highest BCUT2D eigenvalue weighted by Crippen LogP contribution is 2.14. The van der Waals surface area contributed by atoms with Gasteiger partial charge in [-0.1, -0.05) is 13.3 Å². The van der Waals surface area contributed by atoms with E-state index in [9.17, 15) is 9.59 Å². The van der Waals surface area contributed by atoms with Gasteiger partial charge in [0.15, 0.2) is 5.76 Å². The minimum Gasteiger partial charge on any atom is -0.481 e. The molecule has 0 aliphatic carbocycles. The predicted molar refractivity (Wildman–Crippen MR) is 71.0 cm³/mol. The first-order valence-corrected chi connectivity index (χ1v) is 6.59. The van der Waals surface area contributed by atoms with Gasteiger partial charge in [0.2, 0.25) is 0 Å². The van der Waals surface area contributed by atoms with Crippen molar-refractivity contribution in [2.45, 2.75) is 39.5 Å². The number of rotatable bonds is 8. The molecule has 2 N–H and O–H groups in total. The summed E-state index contributed by atoms with van der Waals surface area (Å²) in [5.41, 5.74) is 0. The zero-order valence-electron chi connectivity index (χ0n) is 11.4. The van der Waals surface area contributed by atoms with Crippen LogP contribution >= 0.6 is 0 Å². The van der Waals surface area contributed by atoms with E-state index in [4.69, 9.17) is 9.52 Å². The summed E-state index contributed by atoms with van der Waals surface area (Å²) in [7, 11) is 0. The molecule has 0 aliphatic rings. The summed E-state index contributed by atoms with van der Waals surface area (Å²) in [5.74, 6) is 0.360. The fraction of sp³-hybridized carbons (Fsp3) is 0.571. The smallest absolute Gasteiger partial charge is 0.303 e. The third-order valence-electron chi connectivity index (χ3n) is 3.15. The quantitative estimate of drug-likeness (QED) is 0.758. The first-order chi connectivity index (χ1) is 9.02. The third kappa shape index (κ3) is 5.59. The molecule has 0 saturated heterocycles. The maximum Gasteiger partial charge on any atom is 0.303 e. The molecule has 19 heavy (non-hydrogen) atoms. The van der Waals surface area contributed by atoms with Crippen LogP contribution in [0.25, 0.3) is 0 Å². The Kier molecular flexibility index (Phi) is 6.12. The molecule has 1 unspecified atom stereocenters. The van der Waals surface area contributed by atoms with Gasteiger partial charge in [0.25, 0.3) is 5.91 Å². The molecule has 106 valence electrons. The second kappa shape index (κ2) is 7.61. The van der Waals surface area contributed by atoms with E-state index >= 15 is 0 Å². The summed E-state index contributed by atoms with van der Waals surface area (Å²) in [6.07, 6.45) is 2.55. The molecule has 1 atom stereocenters. The predicted octanol–water partition coefficient (Wildman–Crippen LogP) is 2.60. The first kappa shape index (κ1) is 15.3. The normalized spacial score (nSPS) is 12.1. The van der Waals surface area contributed by atoms with E-state index < -0.39 is 5.97 Å². The average molecular weight is 267 g/mol. The van der Waals surface area contributed by atoms with Crippen LogP contribution in [-0.2, 0) is 4.79 Å². The van der Waals surface area contributed by atoms with Crippen LogP contribution in [0.3, 0.4) is 0 Å². The van der Waals surface area contributed by atoms with Crippen LogP contribution in [0.4, 0.5) is 0 Å². The molecular formula is C14H21NO4. The molecule has 0 spiro atoms. The summed E-state index contributed by atoms with van der Waals surface area (Å²) in [6, 6.07) is 3.39. The van der Waals surface area contributed by atoms with Gasteiger partial charge < -0.3 is 14.8 Å². The van der Waals surface area contributed by atoms with E-state index in [-0.39, 0.29) is 12.3 Å². The lowest BCUT2D eigenvalue weighted by atomic mass is 9.97. The highest BCUT2D eigenvalue weighted by molar-refractivity contribution is 5.91. The highest BCUT2D eigenvalue weighted by atomic mass is 16.4. The van der Waals surface area contributed by atoms with E-state index in [0.717, 1.165) is 12.8 Å². The second-order valence-corrected chi connectivity index (χ2v) is 4.66. The zero-order valence-corrected chi connectivity index (χ0v) is 11.4. The van der Waals surface area contributed by atoms with E-state index in [1.807, 2.05) is 6.92 Å². The van der Waals surface area contributed by atoms with Crippen molar-refractivity contribution in [3.05, 3.63) is 23.7 Å². The Morgan fingerprint density at radius 2 is 2.11 bits per heavy atom. The van der Waals surface area contributed by atoms with Crippen LogP contribution < -0.4 is 5.32 Å². The van der Waals surface area contributed by atoms with Gasteiger partial charge >= 0.3 is 5.97 Å². The summed E-state index contributed by atoms with van der Waals surface area (Å²) in [6.45, 7) is 4.36. The third-order valence-corrected chi connectivity index (χ3v) is 3.15. The number of aliphatic carboxylic acids is 1. The molecule has 0 bridgehead atoms. The van der Waals surface area contributed by atoms with E-state index in [2.05, 4.69) is 5.32 Å². The Balaban J connectivity index is 2.28. The van der Waals surface area contributed by atoms with Crippen LogP contribution in [-0.4, -0.2) is 23.5 Å². The number of carboxylic acid groups (broad SMARTS) is 1. The molecule has 5 heteroatoms. The average Bonchev–Trinajstić information content (AvgIpc) is 2.79. The molecule has 1 amide bonds. The van der Waals surface area contributed by atoms with Gasteiger partial charge in [-0.2, -0.15) is 0 Å². The maximum atomic E-state index is 11.7. The Hall–Kier alpha value is -1.78. The van der Waals surface area contributed by atoms with Gasteiger partial charge in [-0.3, -0.25) is 9.59 Å². The molecule has 1 heterocycles. The zero-order chi connectivity index (χ0) is 14.3. The molecule has 1 aromatic rings. The lowest BCUT2D eigenvalue weighted by Gasteiger charge is -2.13. The van der Waals surface area contributed by atoms with Gasteiger partial charge in [0.1, 0.15) is 5.76 Å². The summed E-state index contributed by atoms with van der Waals surface area (Å²) >= 11 is 0. The van der Waals surface area contributed by atoms with Crippen LogP contribution in [0.5, 0.6) is 0 Å². The van der Waals surface area contributed by atoms with Gasteiger partial charge in [-0.05, 0) is 37.8 Å². The minimum atomic E-state index is -0.770. The highest BCUT2D eigenvalue weighted by Gasteiger charge is 2.12. The van der Waals surface area contributed by atoms with Gasteiger partial charge in [-0.25, -0.2) is 0 Å². The van der Waals surface area contributed by atoms with Gasteiger partial charge in [0.05, 0.1) is 0 Å². The maximum absolute atomic E-state index is 11.7. The summed E-state index contributed by atoms with van der Waals surface area (Å²) in [4.78, 5) is 22.2. The molecule has 0 aliphatic heterocycles. The molecule has 0 radical (unpaired) electrons. The fourth-order valence-electron chi connectivity index (χ4n) is 1.91. The number of carboxylic acids is 1. The van der Waals surface area contributed by atoms with Crippen LogP contribution in [0.15, 0.2) is 16.5 Å². The molecule has 0 saturated carbocycles. The number of carbonyl (C=O) groups excluding carboxylic acids is 1. The standard InChI is InChI=1S/C14H21NO4/c1-3-11(5-7-13(16)17)8-9-15-14(18)12-6-4-10(2)19-12/h4,6,11H,3,5,7-9H2,1-2H3,(H,15,18)(H,16,17). The lowest BCUT2D eigenvalue weighted by molar-refractivity contribution is -0.137. The monoisotopic (exact) mass is 267 g/mol. The van der Waals surface area contributed by atoms with Crippen molar-refractivity contribution >= 4 is 11.9 Å². The number of aryl methyl sites for hydroxylation is 1. The number of nitrogens with one attached hydrogen (secondary N) is 1. The molecule has 5 nitrogen and oxygen atoms in total. The molecule has 0 aromatic carbocycles. The number of hydrogen-bond donors (Lipinski definition) is 2. The molecule has 1 aromatic heterocycles. The van der Waals surface area contributed by atoms with Crippen LogP contribution in [0, 0.1) is 12.8 Å². The van der Waals surface area contributed by atoms with Crippen LogP contribution in [0.2, 0.25) is 0 Å². The van der Waals surface area contributed by atoms with Gasteiger partial charge in [0, 0.05) is 13.0 Å². The van der Waals surface area contributed by atoms with Crippen molar-refractivity contribution < 1.29 is 19.1 Å². The number of furan rings is 1. The van der Waals surface area contributed by atoms with E-state index in [1.165, 1.54) is 0 Å². The van der Waals surface area contributed by atoms with Gasteiger partial charge in [-0.15, -0.1) is 0 Å². The minimum absolute atomic E-state index is 0.184. The molecule has 1 rings (SSSR count). The SMILES string of the molecule is CCC(CCNC(=O)c1ccc(C)o1)CCC(=O)O. The number of amides is 1. The lowest BCUT2D eigenvalue weighted by Crippen LogP contribution is -2.25. The van der Waals surface area contributed by atoms with Crippen molar-refractivity contribution in [1.82, 2.24) is 5.32 Å². The van der Waals surface area contributed by atoms with Crippen molar-refractivity contribution in [1.29, 1.82) is 0 Å². The van der Waals surface area contributed by atoms with Crippen molar-refractivity contribution in [2.24, 2.45) is 5.92 Å². The Bertz CT molecular complexity index is 425. The number of hydrogen-bond acceptors (Lipinski definition) is 3. The van der Waals surface area contributed by atoms with Crippen molar-refractivity contribution in [3.8, 4) is 0 Å². The Labute approximate surface area is 113 Å². The Morgan fingerprint density at radius 3 is 2.63 bits per heavy atom. The topological polar surface area (TPSA) is 79.5 Å². The van der Waals surface area contributed by atoms with Crippen LogP contribution in [0.1, 0.15) is 48.9 Å². The Morgan fingerprint density at radius 1 is 1.37 bits per heavy atom. The summed E-state index contributed by atoms with van der Waals surface area (Å²) < 4.78 is 5.22.